The van der Waals surface area contributed by atoms with E-state index in [9.17, 15) is 9.59 Å². The Kier molecular flexibility index (Phi) is 6.87. The van der Waals surface area contributed by atoms with E-state index in [1.807, 2.05) is 63.2 Å². The Morgan fingerprint density at radius 3 is 2.52 bits per heavy atom. The summed E-state index contributed by atoms with van der Waals surface area (Å²) in [5.41, 5.74) is 3.19. The lowest BCUT2D eigenvalue weighted by atomic mass is 10.0. The Balaban J connectivity index is 1.45. The fourth-order valence-electron chi connectivity index (χ4n) is 4.17. The normalized spacial score (nSPS) is 14.3. The molecule has 7 nitrogen and oxygen atoms in total. The summed E-state index contributed by atoms with van der Waals surface area (Å²) in [6, 6.07) is 14.3. The summed E-state index contributed by atoms with van der Waals surface area (Å²) in [7, 11) is 0. The highest BCUT2D eigenvalue weighted by Gasteiger charge is 2.25. The quantitative estimate of drug-likeness (QED) is 0.590. The molecule has 0 spiro atoms. The van der Waals surface area contributed by atoms with Crippen LogP contribution in [-0.4, -0.2) is 32.6 Å². The van der Waals surface area contributed by atoms with Crippen molar-refractivity contribution in [2.45, 2.75) is 59.0 Å². The molecule has 3 aromatic rings. The van der Waals surface area contributed by atoms with Crippen LogP contribution in [0.3, 0.4) is 0 Å². The van der Waals surface area contributed by atoms with Gasteiger partial charge in [0.2, 0.25) is 5.91 Å². The van der Waals surface area contributed by atoms with E-state index >= 15 is 0 Å². The molecule has 4 rings (SSSR count). The fourth-order valence-corrected chi connectivity index (χ4v) is 4.17. The van der Waals surface area contributed by atoms with Crippen molar-refractivity contribution in [2.75, 3.05) is 5.32 Å². The zero-order valence-electron chi connectivity index (χ0n) is 19.5. The van der Waals surface area contributed by atoms with Crippen molar-refractivity contribution < 1.29 is 9.59 Å². The summed E-state index contributed by atoms with van der Waals surface area (Å²) in [4.78, 5) is 25.7. The number of rotatable bonds is 6. The van der Waals surface area contributed by atoms with Gasteiger partial charge in [-0.2, -0.15) is 0 Å². The van der Waals surface area contributed by atoms with Crippen LogP contribution in [0.2, 0.25) is 0 Å². The smallest absolute Gasteiger partial charge is 0.251 e. The highest BCUT2D eigenvalue weighted by Crippen LogP contribution is 2.24. The SMILES string of the molecule is Cc1cccc(C(=O)N[C@H](C(=O)Nc2ccc(-c3nnc4n3CCCCC4)cc2)C(C)C)c1. The van der Waals surface area contributed by atoms with Gasteiger partial charge in [0.05, 0.1) is 0 Å². The molecule has 1 aliphatic rings. The molecule has 2 amide bonds. The van der Waals surface area contributed by atoms with E-state index in [-0.39, 0.29) is 17.7 Å². The first-order valence-electron chi connectivity index (χ1n) is 11.6. The van der Waals surface area contributed by atoms with Gasteiger partial charge in [0, 0.05) is 29.8 Å². The van der Waals surface area contributed by atoms with E-state index in [4.69, 9.17) is 0 Å². The van der Waals surface area contributed by atoms with Crippen LogP contribution in [0.5, 0.6) is 0 Å². The van der Waals surface area contributed by atoms with Crippen LogP contribution >= 0.6 is 0 Å². The van der Waals surface area contributed by atoms with Crippen molar-refractivity contribution in [3.63, 3.8) is 0 Å². The van der Waals surface area contributed by atoms with Gasteiger partial charge in [-0.1, -0.05) is 38.0 Å². The van der Waals surface area contributed by atoms with Gasteiger partial charge in [-0.05, 0) is 62.1 Å². The third-order valence-electron chi connectivity index (χ3n) is 6.04. The molecule has 0 bridgehead atoms. The number of carbonyl (C=O) groups excluding carboxylic acids is 2. The van der Waals surface area contributed by atoms with Crippen molar-refractivity contribution in [2.24, 2.45) is 5.92 Å². The van der Waals surface area contributed by atoms with Crippen molar-refractivity contribution >= 4 is 17.5 Å². The van der Waals surface area contributed by atoms with Crippen molar-refractivity contribution in [3.8, 4) is 11.4 Å². The van der Waals surface area contributed by atoms with Gasteiger partial charge in [-0.25, -0.2) is 0 Å². The van der Waals surface area contributed by atoms with E-state index < -0.39 is 6.04 Å². The number of aryl methyl sites for hydroxylation is 2. The number of nitrogens with zero attached hydrogens (tertiary/aromatic N) is 3. The van der Waals surface area contributed by atoms with E-state index in [1.54, 1.807) is 6.07 Å². The zero-order chi connectivity index (χ0) is 23.4. The number of benzene rings is 2. The Morgan fingerprint density at radius 2 is 1.79 bits per heavy atom. The van der Waals surface area contributed by atoms with Crippen molar-refractivity contribution in [1.29, 1.82) is 0 Å². The molecular formula is C26H31N5O2. The van der Waals surface area contributed by atoms with Crippen LogP contribution in [-0.2, 0) is 17.8 Å². The first-order valence-corrected chi connectivity index (χ1v) is 11.6. The fraction of sp³-hybridized carbons (Fsp3) is 0.385. The lowest BCUT2D eigenvalue weighted by Gasteiger charge is -2.22. The van der Waals surface area contributed by atoms with Gasteiger partial charge in [-0.15, -0.1) is 10.2 Å². The lowest BCUT2D eigenvalue weighted by molar-refractivity contribution is -0.118. The third-order valence-corrected chi connectivity index (χ3v) is 6.04. The Hall–Kier alpha value is -3.48. The van der Waals surface area contributed by atoms with Gasteiger partial charge in [0.1, 0.15) is 11.9 Å². The summed E-state index contributed by atoms with van der Waals surface area (Å²) in [6.07, 6.45) is 4.47. The molecule has 1 atom stereocenters. The molecule has 33 heavy (non-hydrogen) atoms. The zero-order valence-corrected chi connectivity index (χ0v) is 19.5. The minimum Gasteiger partial charge on any atom is -0.340 e. The average molecular weight is 446 g/mol. The molecule has 1 aromatic heterocycles. The van der Waals surface area contributed by atoms with Crippen LogP contribution < -0.4 is 10.6 Å². The molecule has 2 N–H and O–H groups in total. The van der Waals surface area contributed by atoms with E-state index in [2.05, 4.69) is 25.4 Å². The van der Waals surface area contributed by atoms with Crippen LogP contribution in [0.4, 0.5) is 5.69 Å². The molecule has 0 saturated carbocycles. The molecule has 2 aromatic carbocycles. The van der Waals surface area contributed by atoms with E-state index in [0.29, 0.717) is 11.3 Å². The van der Waals surface area contributed by atoms with Gasteiger partial charge < -0.3 is 15.2 Å². The van der Waals surface area contributed by atoms with Gasteiger partial charge >= 0.3 is 0 Å². The predicted octanol–water partition coefficient (Wildman–Crippen LogP) is 4.37. The lowest BCUT2D eigenvalue weighted by Crippen LogP contribution is -2.47. The number of aromatic nitrogens is 3. The second-order valence-electron chi connectivity index (χ2n) is 9.03. The largest absolute Gasteiger partial charge is 0.340 e. The number of anilines is 1. The summed E-state index contributed by atoms with van der Waals surface area (Å²) in [5.74, 6) is 1.36. The molecule has 2 heterocycles. The average Bonchev–Trinajstić information content (AvgIpc) is 3.05. The van der Waals surface area contributed by atoms with Crippen molar-refractivity contribution in [3.05, 3.63) is 65.5 Å². The summed E-state index contributed by atoms with van der Waals surface area (Å²) >= 11 is 0. The summed E-state index contributed by atoms with van der Waals surface area (Å²) < 4.78 is 2.20. The standard InChI is InChI=1S/C26H31N5O2/c1-17(2)23(28-25(32)20-9-7-8-18(3)16-20)26(33)27-21-13-11-19(12-14-21)24-30-29-22-10-5-4-6-15-31(22)24/h7-9,11-14,16-17,23H,4-6,10,15H2,1-3H3,(H,27,33)(H,28,32)/t23-/m0/s1. The molecule has 0 aliphatic carbocycles. The summed E-state index contributed by atoms with van der Waals surface area (Å²) in [5, 5.41) is 14.6. The molecule has 0 unspecified atom stereocenters. The van der Waals surface area contributed by atoms with E-state index in [1.165, 1.54) is 6.42 Å². The second kappa shape index (κ2) is 9.98. The van der Waals surface area contributed by atoms with Gasteiger partial charge in [-0.3, -0.25) is 9.59 Å². The highest BCUT2D eigenvalue weighted by atomic mass is 16.2. The third kappa shape index (κ3) is 5.30. The maximum atomic E-state index is 13.0. The second-order valence-corrected chi connectivity index (χ2v) is 9.03. The number of amides is 2. The molecular weight excluding hydrogens is 414 g/mol. The first kappa shape index (κ1) is 22.7. The summed E-state index contributed by atoms with van der Waals surface area (Å²) in [6.45, 7) is 6.71. The van der Waals surface area contributed by atoms with Crippen LogP contribution in [0.1, 0.15) is 54.9 Å². The first-order chi connectivity index (χ1) is 15.9. The molecule has 0 saturated heterocycles. The number of nitrogens with one attached hydrogen (secondary N) is 2. The predicted molar refractivity (Wildman–Crippen MR) is 129 cm³/mol. The van der Waals surface area contributed by atoms with Gasteiger partial charge in [0.15, 0.2) is 5.82 Å². The Morgan fingerprint density at radius 1 is 1.00 bits per heavy atom. The Bertz CT molecular complexity index is 1130. The maximum Gasteiger partial charge on any atom is 0.251 e. The van der Waals surface area contributed by atoms with Crippen LogP contribution in [0.25, 0.3) is 11.4 Å². The van der Waals surface area contributed by atoms with Crippen LogP contribution in [0, 0.1) is 12.8 Å². The van der Waals surface area contributed by atoms with Gasteiger partial charge in [0.25, 0.3) is 5.91 Å². The Labute approximate surface area is 194 Å². The minimum absolute atomic E-state index is 0.0653. The number of fused-ring (bicyclic) bond motifs is 1. The van der Waals surface area contributed by atoms with Crippen molar-refractivity contribution in [1.82, 2.24) is 20.1 Å². The number of hydrogen-bond donors (Lipinski definition) is 2. The number of hydrogen-bond acceptors (Lipinski definition) is 4. The molecule has 0 fully saturated rings. The molecule has 1 aliphatic heterocycles. The molecule has 172 valence electrons. The molecule has 0 radical (unpaired) electrons. The molecule has 7 heteroatoms. The number of carbonyl (C=O) groups is 2. The minimum atomic E-state index is -0.648. The topological polar surface area (TPSA) is 88.9 Å². The van der Waals surface area contributed by atoms with Crippen LogP contribution in [0.15, 0.2) is 48.5 Å². The maximum absolute atomic E-state index is 13.0. The monoisotopic (exact) mass is 445 g/mol. The highest BCUT2D eigenvalue weighted by molar-refractivity contribution is 6.01. The van der Waals surface area contributed by atoms with E-state index in [0.717, 1.165) is 48.6 Å².